The molecule has 46 heavy (non-hydrogen) atoms. The summed E-state index contributed by atoms with van der Waals surface area (Å²) in [4.78, 5) is -1.34. The van der Waals surface area contributed by atoms with Crippen molar-refractivity contribution in [2.45, 2.75) is 68.7 Å². The number of benzene rings is 4. The van der Waals surface area contributed by atoms with Crippen LogP contribution >= 0.6 is 11.8 Å². The van der Waals surface area contributed by atoms with Gasteiger partial charge in [-0.15, -0.1) is 11.8 Å². The second-order valence-electron chi connectivity index (χ2n) is 12.5. The number of hydrogen-bond acceptors (Lipinski definition) is 7. The van der Waals surface area contributed by atoms with E-state index < -0.39 is 11.0 Å². The molecule has 3 aliphatic rings. The van der Waals surface area contributed by atoms with Gasteiger partial charge in [0.15, 0.2) is 16.4 Å². The highest BCUT2D eigenvalue weighted by molar-refractivity contribution is 8.00. The molecule has 1 unspecified atom stereocenters. The summed E-state index contributed by atoms with van der Waals surface area (Å²) in [5.74, 6) is 2.63. The van der Waals surface area contributed by atoms with Crippen LogP contribution < -0.4 is 14.2 Å². The van der Waals surface area contributed by atoms with Gasteiger partial charge in [0.2, 0.25) is 0 Å². The largest absolute Gasteiger partial charge is 0.493 e. The second-order valence-corrected chi connectivity index (χ2v) is 13.9. The smallest absolute Gasteiger partial charge is 0.165 e. The van der Waals surface area contributed by atoms with Crippen molar-refractivity contribution in [3.05, 3.63) is 124 Å². The summed E-state index contributed by atoms with van der Waals surface area (Å²) >= 11 is 1.62. The summed E-state index contributed by atoms with van der Waals surface area (Å²) in [5.41, 5.74) is 6.26. The molecular weight excluding hydrogens is 596 g/mol. The topological polar surface area (TPSA) is 66.4 Å². The molecule has 4 aromatic carbocycles. The fourth-order valence-electron chi connectivity index (χ4n) is 6.92. The summed E-state index contributed by atoms with van der Waals surface area (Å²) in [6.45, 7) is 6.99. The number of aliphatic hydroxyl groups is 1. The molecule has 0 amide bonds. The van der Waals surface area contributed by atoms with E-state index in [1.54, 1.807) is 11.8 Å². The summed E-state index contributed by atoms with van der Waals surface area (Å²) in [5, 5.41) is 13.2. The molecule has 4 aromatic rings. The molecule has 7 rings (SSSR count). The first-order chi connectivity index (χ1) is 22.5. The van der Waals surface area contributed by atoms with E-state index in [0.29, 0.717) is 39.5 Å². The molecule has 3 aliphatic heterocycles. The third-order valence-corrected chi connectivity index (χ3v) is 11.2. The maximum atomic E-state index is 13.0. The van der Waals surface area contributed by atoms with E-state index in [-0.39, 0.29) is 17.3 Å². The van der Waals surface area contributed by atoms with Gasteiger partial charge in [-0.3, -0.25) is 0 Å². The molecule has 0 spiro atoms. The highest BCUT2D eigenvalue weighted by atomic mass is 32.2. The lowest BCUT2D eigenvalue weighted by atomic mass is 9.86. The molecule has 1 N–H and O–H groups in total. The van der Waals surface area contributed by atoms with Crippen molar-refractivity contribution in [1.82, 2.24) is 0 Å². The van der Waals surface area contributed by atoms with Crippen LogP contribution in [0.25, 0.3) is 0 Å². The quantitative estimate of drug-likeness (QED) is 0.193. The minimum atomic E-state index is -1.34. The second kappa shape index (κ2) is 13.7. The maximum Gasteiger partial charge on any atom is 0.165 e. The van der Waals surface area contributed by atoms with Gasteiger partial charge in [0.05, 0.1) is 25.9 Å². The minimum absolute atomic E-state index is 0.162. The normalized spacial score (nSPS) is 25.1. The van der Waals surface area contributed by atoms with Gasteiger partial charge >= 0.3 is 0 Å². The van der Waals surface area contributed by atoms with E-state index in [0.717, 1.165) is 63.5 Å². The molecule has 5 atom stereocenters. The van der Waals surface area contributed by atoms with Crippen molar-refractivity contribution in [2.75, 3.05) is 19.8 Å². The van der Waals surface area contributed by atoms with E-state index >= 15 is 0 Å². The van der Waals surface area contributed by atoms with Gasteiger partial charge in [-0.05, 0) is 70.0 Å². The Hall–Kier alpha value is -3.49. The summed E-state index contributed by atoms with van der Waals surface area (Å²) < 4.78 is 31.4. The van der Waals surface area contributed by atoms with Crippen LogP contribution in [0.5, 0.6) is 17.2 Å². The number of ether oxygens (including phenoxy) is 5. The average molecular weight is 639 g/mol. The molecule has 0 saturated carbocycles. The third kappa shape index (κ3) is 6.39. The predicted octanol–water partition coefficient (Wildman–Crippen LogP) is 7.46. The molecular formula is C39H42O6S. The first-order valence-electron chi connectivity index (χ1n) is 16.4. The van der Waals surface area contributed by atoms with Crippen LogP contribution in [0.3, 0.4) is 0 Å². The lowest BCUT2D eigenvalue weighted by Crippen LogP contribution is -2.56. The molecule has 240 valence electrons. The molecule has 1 fully saturated rings. The first kappa shape index (κ1) is 31.1. The van der Waals surface area contributed by atoms with Crippen molar-refractivity contribution in [2.24, 2.45) is 5.92 Å². The molecule has 6 nitrogen and oxygen atoms in total. The van der Waals surface area contributed by atoms with Gasteiger partial charge in [-0.1, -0.05) is 80.6 Å². The Labute approximate surface area is 276 Å². The lowest BCUT2D eigenvalue weighted by molar-refractivity contribution is -0.168. The van der Waals surface area contributed by atoms with E-state index in [2.05, 4.69) is 62.4 Å². The molecule has 0 aromatic heterocycles. The molecule has 0 aliphatic carbocycles. The Balaban J connectivity index is 1.26. The molecule has 1 saturated heterocycles. The van der Waals surface area contributed by atoms with Crippen molar-refractivity contribution in [1.29, 1.82) is 0 Å². The average Bonchev–Trinajstić information content (AvgIpc) is 3.58. The van der Waals surface area contributed by atoms with Crippen molar-refractivity contribution in [3.8, 4) is 17.2 Å². The van der Waals surface area contributed by atoms with Crippen LogP contribution in [-0.4, -0.2) is 42.4 Å². The highest BCUT2D eigenvalue weighted by Gasteiger charge is 2.54. The van der Waals surface area contributed by atoms with Gasteiger partial charge in [0, 0.05) is 18.1 Å². The van der Waals surface area contributed by atoms with E-state index in [9.17, 15) is 5.11 Å². The number of thioether (sulfide) groups is 1. The van der Waals surface area contributed by atoms with Gasteiger partial charge in [0.25, 0.3) is 0 Å². The number of fused-ring (bicyclic) bond motifs is 2. The van der Waals surface area contributed by atoms with Gasteiger partial charge < -0.3 is 28.8 Å². The van der Waals surface area contributed by atoms with Crippen LogP contribution in [0.4, 0.5) is 0 Å². The van der Waals surface area contributed by atoms with Crippen LogP contribution in [0.1, 0.15) is 53.6 Å². The van der Waals surface area contributed by atoms with Gasteiger partial charge in [-0.25, -0.2) is 0 Å². The van der Waals surface area contributed by atoms with E-state index in [1.807, 2.05) is 42.5 Å². The number of rotatable bonds is 10. The van der Waals surface area contributed by atoms with Gasteiger partial charge in [-0.2, -0.15) is 0 Å². The Kier molecular flexibility index (Phi) is 9.27. The Morgan fingerprint density at radius 3 is 2.20 bits per heavy atom. The highest BCUT2D eigenvalue weighted by Crippen LogP contribution is 2.53. The summed E-state index contributed by atoms with van der Waals surface area (Å²) in [6.07, 6.45) is 1.41. The van der Waals surface area contributed by atoms with Crippen LogP contribution in [0.15, 0.2) is 91.0 Å². The van der Waals surface area contributed by atoms with Crippen LogP contribution in [-0.2, 0) is 40.5 Å². The van der Waals surface area contributed by atoms with Crippen molar-refractivity contribution in [3.63, 3.8) is 0 Å². The van der Waals surface area contributed by atoms with E-state index in [1.165, 1.54) is 0 Å². The minimum Gasteiger partial charge on any atom is -0.493 e. The van der Waals surface area contributed by atoms with Crippen molar-refractivity contribution >= 4 is 11.8 Å². The molecule has 3 heterocycles. The predicted molar refractivity (Wildman–Crippen MR) is 181 cm³/mol. The zero-order chi connectivity index (χ0) is 31.5. The fourth-order valence-corrected chi connectivity index (χ4v) is 8.51. The Morgan fingerprint density at radius 2 is 1.48 bits per heavy atom. The summed E-state index contributed by atoms with van der Waals surface area (Å²) in [7, 11) is 0. The SMILES string of the molecule is CC[C@H]1SC(O)(c2cc3c(c(Cc4ccc5c(c4)OCCO5)c2)OCC3)[C@H](OCc2ccccc2)[C@@H](OCc2ccccc2)[C@@H]1C. The lowest BCUT2D eigenvalue weighted by Gasteiger charge is -2.50. The Bertz CT molecular complexity index is 1630. The molecule has 7 heteroatoms. The van der Waals surface area contributed by atoms with E-state index in [4.69, 9.17) is 23.7 Å². The first-order valence-corrected chi connectivity index (χ1v) is 17.3. The third-order valence-electron chi connectivity index (χ3n) is 9.36. The summed E-state index contributed by atoms with van der Waals surface area (Å²) in [6, 6.07) is 30.8. The maximum absolute atomic E-state index is 13.0. The monoisotopic (exact) mass is 638 g/mol. The fraction of sp³-hybridized carbons (Fsp3) is 0.385. The number of hydrogen-bond donors (Lipinski definition) is 1. The molecule has 0 bridgehead atoms. The standard InChI is InChI=1S/C39H42O6S/c1-3-35-26(2)36(44-24-27-10-6-4-7-11-27)38(45-25-28-12-8-5-9-13-28)39(40,46-35)32-22-30-16-17-43-37(30)31(23-32)20-29-14-15-33-34(21-29)42-19-18-41-33/h4-15,21-23,26,35-36,38,40H,3,16-20,24-25H2,1-2H3/t26-,35-,36+,38-,39?/m1/s1. The molecule has 0 radical (unpaired) electrons. The Morgan fingerprint density at radius 1 is 0.783 bits per heavy atom. The zero-order valence-corrected chi connectivity index (χ0v) is 27.3. The van der Waals surface area contributed by atoms with Gasteiger partial charge in [0.1, 0.15) is 25.1 Å². The van der Waals surface area contributed by atoms with Crippen LogP contribution in [0.2, 0.25) is 0 Å². The van der Waals surface area contributed by atoms with Crippen LogP contribution in [0, 0.1) is 5.92 Å². The van der Waals surface area contributed by atoms with Crippen molar-refractivity contribution < 1.29 is 28.8 Å². The zero-order valence-electron chi connectivity index (χ0n) is 26.5.